The van der Waals surface area contributed by atoms with Crippen molar-refractivity contribution in [3.63, 3.8) is 0 Å². The van der Waals surface area contributed by atoms with Gasteiger partial charge in [-0.2, -0.15) is 0 Å². The summed E-state index contributed by atoms with van der Waals surface area (Å²) < 4.78 is 13.2. The van der Waals surface area contributed by atoms with Gasteiger partial charge in [0.25, 0.3) is 0 Å². The molecular weight excluding hydrogens is 291 g/mol. The van der Waals surface area contributed by atoms with Crippen LogP contribution in [0.5, 0.6) is 0 Å². The molecule has 1 saturated heterocycles. The van der Waals surface area contributed by atoms with Crippen LogP contribution in [0, 0.1) is 11.7 Å². The van der Waals surface area contributed by atoms with Crippen LogP contribution in [0.4, 0.5) is 4.39 Å². The molecule has 0 spiro atoms. The summed E-state index contributed by atoms with van der Waals surface area (Å²) in [4.78, 5) is 18.5. The van der Waals surface area contributed by atoms with Crippen LogP contribution in [0.1, 0.15) is 24.0 Å². The molecule has 1 atom stereocenters. The number of hydrogen-bond acceptors (Lipinski definition) is 2. The maximum absolute atomic E-state index is 13.2. The summed E-state index contributed by atoms with van der Waals surface area (Å²) in [6.07, 6.45) is 7.07. The van der Waals surface area contributed by atoms with Gasteiger partial charge in [-0.1, -0.05) is 18.2 Å². The number of piperidine rings is 1. The van der Waals surface area contributed by atoms with Crippen molar-refractivity contribution < 1.29 is 9.18 Å². The van der Waals surface area contributed by atoms with Crippen LogP contribution in [0.3, 0.4) is 0 Å². The zero-order valence-corrected chi connectivity index (χ0v) is 13.1. The number of benzene rings is 1. The molecular formula is C19H21FN2O. The molecule has 2 heterocycles. The van der Waals surface area contributed by atoms with Crippen LogP contribution in [0.25, 0.3) is 0 Å². The van der Waals surface area contributed by atoms with E-state index in [9.17, 15) is 9.18 Å². The highest BCUT2D eigenvalue weighted by molar-refractivity contribution is 5.78. The molecule has 1 aromatic heterocycles. The first-order valence-corrected chi connectivity index (χ1v) is 8.12. The number of rotatable bonds is 4. The second-order valence-corrected chi connectivity index (χ2v) is 6.22. The van der Waals surface area contributed by atoms with Gasteiger partial charge in [-0.3, -0.25) is 9.78 Å². The Bertz CT molecular complexity index is 659. The second kappa shape index (κ2) is 7.36. The van der Waals surface area contributed by atoms with Crippen molar-refractivity contribution in [1.82, 2.24) is 9.88 Å². The Labute approximate surface area is 136 Å². The summed E-state index contributed by atoms with van der Waals surface area (Å²) in [5.41, 5.74) is 1.96. The topological polar surface area (TPSA) is 33.2 Å². The smallest absolute Gasteiger partial charge is 0.227 e. The molecule has 120 valence electrons. The molecule has 0 N–H and O–H groups in total. The van der Waals surface area contributed by atoms with Gasteiger partial charge in [-0.05, 0) is 54.5 Å². The Kier molecular flexibility index (Phi) is 5.01. The second-order valence-electron chi connectivity index (χ2n) is 6.22. The minimum atomic E-state index is -0.289. The van der Waals surface area contributed by atoms with Gasteiger partial charge in [0.15, 0.2) is 0 Å². The number of halogens is 1. The molecule has 1 amide bonds. The van der Waals surface area contributed by atoms with E-state index in [1.165, 1.54) is 17.7 Å². The number of hydrogen-bond donors (Lipinski definition) is 0. The van der Waals surface area contributed by atoms with E-state index < -0.39 is 0 Å². The Balaban J connectivity index is 1.58. The lowest BCUT2D eigenvalue weighted by molar-refractivity contribution is -0.132. The van der Waals surface area contributed by atoms with Gasteiger partial charge in [0, 0.05) is 25.5 Å². The highest BCUT2D eigenvalue weighted by Crippen LogP contribution is 2.21. The van der Waals surface area contributed by atoms with Crippen molar-refractivity contribution in [3.8, 4) is 0 Å². The number of pyridine rings is 1. The highest BCUT2D eigenvalue weighted by atomic mass is 19.1. The predicted molar refractivity (Wildman–Crippen MR) is 87.3 cm³/mol. The van der Waals surface area contributed by atoms with Crippen LogP contribution < -0.4 is 0 Å². The van der Waals surface area contributed by atoms with Crippen molar-refractivity contribution in [2.45, 2.75) is 25.7 Å². The zero-order valence-electron chi connectivity index (χ0n) is 13.1. The Morgan fingerprint density at radius 1 is 1.26 bits per heavy atom. The van der Waals surface area contributed by atoms with Crippen LogP contribution in [-0.2, 0) is 17.6 Å². The predicted octanol–water partition coefficient (Wildman–Crippen LogP) is 3.24. The van der Waals surface area contributed by atoms with E-state index in [4.69, 9.17) is 0 Å². The monoisotopic (exact) mass is 312 g/mol. The van der Waals surface area contributed by atoms with Crippen molar-refractivity contribution in [1.29, 1.82) is 0 Å². The number of nitrogens with zero attached hydrogens (tertiary/aromatic N) is 2. The fourth-order valence-corrected chi connectivity index (χ4v) is 3.24. The third-order valence-corrected chi connectivity index (χ3v) is 4.36. The summed E-state index contributed by atoms with van der Waals surface area (Å²) in [7, 11) is 0. The highest BCUT2D eigenvalue weighted by Gasteiger charge is 2.23. The van der Waals surface area contributed by atoms with Gasteiger partial charge in [0.05, 0.1) is 6.42 Å². The lowest BCUT2D eigenvalue weighted by atomic mass is 9.91. The molecule has 0 unspecified atom stereocenters. The molecule has 0 aliphatic carbocycles. The average Bonchev–Trinajstić information content (AvgIpc) is 2.56. The van der Waals surface area contributed by atoms with E-state index in [1.807, 2.05) is 17.2 Å². The van der Waals surface area contributed by atoms with Gasteiger partial charge in [0.1, 0.15) is 5.82 Å². The molecule has 3 nitrogen and oxygen atoms in total. The van der Waals surface area contributed by atoms with E-state index in [2.05, 4.69) is 11.1 Å². The van der Waals surface area contributed by atoms with Crippen molar-refractivity contribution >= 4 is 5.91 Å². The van der Waals surface area contributed by atoms with Gasteiger partial charge in [0.2, 0.25) is 5.91 Å². The quantitative estimate of drug-likeness (QED) is 0.868. The van der Waals surface area contributed by atoms with Crippen LogP contribution in [-0.4, -0.2) is 28.9 Å². The molecule has 1 fully saturated rings. The molecule has 23 heavy (non-hydrogen) atoms. The Hall–Kier alpha value is -2.23. The minimum Gasteiger partial charge on any atom is -0.342 e. The van der Waals surface area contributed by atoms with Gasteiger partial charge < -0.3 is 4.90 Å². The molecule has 1 aromatic carbocycles. The minimum absolute atomic E-state index is 0.0893. The van der Waals surface area contributed by atoms with Crippen molar-refractivity contribution in [3.05, 3.63) is 65.7 Å². The summed E-state index contributed by atoms with van der Waals surface area (Å²) in [6, 6.07) is 10.3. The number of carbonyl (C=O) groups is 1. The number of carbonyl (C=O) groups excluding carboxylic acids is 1. The van der Waals surface area contributed by atoms with E-state index >= 15 is 0 Å². The van der Waals surface area contributed by atoms with E-state index in [0.717, 1.165) is 37.9 Å². The average molecular weight is 312 g/mol. The standard InChI is InChI=1S/C19H21FN2O/c20-18-7-1-4-15(11-18)12-19(23)22-9-3-6-17(14-22)10-16-5-2-8-21-13-16/h1-2,4-5,7-8,11,13,17H,3,6,9-10,12,14H2/t17-/m0/s1. The first-order valence-electron chi connectivity index (χ1n) is 8.12. The summed E-state index contributed by atoms with van der Waals surface area (Å²) in [5, 5.41) is 0. The maximum atomic E-state index is 13.2. The third-order valence-electron chi connectivity index (χ3n) is 4.36. The molecule has 0 radical (unpaired) electrons. The summed E-state index contributed by atoms with van der Waals surface area (Å²) in [5.74, 6) is 0.277. The number of amides is 1. The maximum Gasteiger partial charge on any atom is 0.227 e. The van der Waals surface area contributed by atoms with E-state index in [-0.39, 0.29) is 18.1 Å². The van der Waals surface area contributed by atoms with E-state index in [1.54, 1.807) is 18.3 Å². The Morgan fingerprint density at radius 3 is 2.91 bits per heavy atom. The normalized spacial score (nSPS) is 18.0. The van der Waals surface area contributed by atoms with Crippen LogP contribution in [0.15, 0.2) is 48.8 Å². The van der Waals surface area contributed by atoms with Gasteiger partial charge >= 0.3 is 0 Å². The summed E-state index contributed by atoms with van der Waals surface area (Å²) in [6.45, 7) is 1.58. The van der Waals surface area contributed by atoms with Crippen molar-refractivity contribution in [2.24, 2.45) is 5.92 Å². The van der Waals surface area contributed by atoms with Gasteiger partial charge in [-0.15, -0.1) is 0 Å². The largest absolute Gasteiger partial charge is 0.342 e. The Morgan fingerprint density at radius 2 is 2.13 bits per heavy atom. The SMILES string of the molecule is O=C(Cc1cccc(F)c1)N1CCC[C@@H](Cc2cccnc2)C1. The molecule has 4 heteroatoms. The summed E-state index contributed by atoms with van der Waals surface area (Å²) >= 11 is 0. The first kappa shape index (κ1) is 15.7. The number of aromatic nitrogens is 1. The molecule has 1 aliphatic heterocycles. The molecule has 3 rings (SSSR count). The van der Waals surface area contributed by atoms with Gasteiger partial charge in [-0.25, -0.2) is 4.39 Å². The van der Waals surface area contributed by atoms with Crippen LogP contribution >= 0.6 is 0 Å². The number of likely N-dealkylation sites (tertiary alicyclic amines) is 1. The fraction of sp³-hybridized carbons (Fsp3) is 0.368. The molecule has 2 aromatic rings. The molecule has 0 bridgehead atoms. The first-order chi connectivity index (χ1) is 11.2. The lowest BCUT2D eigenvalue weighted by Crippen LogP contribution is -2.41. The molecule has 0 saturated carbocycles. The fourth-order valence-electron chi connectivity index (χ4n) is 3.24. The molecule has 1 aliphatic rings. The lowest BCUT2D eigenvalue weighted by Gasteiger charge is -2.33. The van der Waals surface area contributed by atoms with E-state index in [0.29, 0.717) is 5.92 Å². The zero-order chi connectivity index (χ0) is 16.1. The third kappa shape index (κ3) is 4.38. The van der Waals surface area contributed by atoms with Crippen molar-refractivity contribution in [2.75, 3.05) is 13.1 Å². The van der Waals surface area contributed by atoms with Crippen LogP contribution in [0.2, 0.25) is 0 Å².